The molecule has 0 spiro atoms. The largest absolute Gasteiger partial charge is 0.443 e. The highest BCUT2D eigenvalue weighted by Crippen LogP contribution is 2.32. The molecule has 43 heavy (non-hydrogen) atoms. The standard InChI is InChI=1S/C32H37N5O5S/c1-22(25-10-7-11-26(18-25)29(38)24-8-5-4-6-9-24)32(39)42-21-37-17-16-28-30(34-20-35-31(28)37)36(3)27-14-12-23(13-15-27)19-43(40,41)33-2/h4-11,16-18,20,22-23,27,33H,12-15,19,21H2,1-3H3/t22?,23-,27-. The van der Waals surface area contributed by atoms with Gasteiger partial charge in [0.2, 0.25) is 10.0 Å². The predicted molar refractivity (Wildman–Crippen MR) is 165 cm³/mol. The first-order chi connectivity index (χ1) is 20.7. The normalized spacial score (nSPS) is 17.8. The zero-order chi connectivity index (χ0) is 30.6. The van der Waals surface area contributed by atoms with Crippen LogP contribution >= 0.6 is 0 Å². The quantitative estimate of drug-likeness (QED) is 0.196. The van der Waals surface area contributed by atoms with E-state index in [4.69, 9.17) is 4.74 Å². The van der Waals surface area contributed by atoms with Crippen molar-refractivity contribution in [3.8, 4) is 0 Å². The van der Waals surface area contributed by atoms with Gasteiger partial charge in [-0.2, -0.15) is 0 Å². The number of esters is 1. The van der Waals surface area contributed by atoms with Gasteiger partial charge < -0.3 is 9.64 Å². The summed E-state index contributed by atoms with van der Waals surface area (Å²) in [5, 5.41) is 0.848. The fraction of sp³-hybridized carbons (Fsp3) is 0.375. The number of benzene rings is 2. The van der Waals surface area contributed by atoms with Crippen LogP contribution in [0.2, 0.25) is 0 Å². The lowest BCUT2D eigenvalue weighted by Crippen LogP contribution is -2.38. The summed E-state index contributed by atoms with van der Waals surface area (Å²) in [5.74, 6) is 0.0217. The van der Waals surface area contributed by atoms with Crippen molar-refractivity contribution in [3.05, 3.63) is 89.9 Å². The lowest BCUT2D eigenvalue weighted by Gasteiger charge is -2.35. The van der Waals surface area contributed by atoms with E-state index in [1.54, 1.807) is 41.8 Å². The SMILES string of the molecule is CNS(=O)(=O)C[C@H]1CC[C@H](N(C)c2ncnc3c2ccn3COC(=O)C(C)c2cccc(C(=O)c3ccccc3)c2)CC1. The van der Waals surface area contributed by atoms with Crippen LogP contribution < -0.4 is 9.62 Å². The number of carbonyl (C=O) groups is 2. The number of aromatic nitrogens is 3. The summed E-state index contributed by atoms with van der Waals surface area (Å²) in [6, 6.07) is 18.3. The number of nitrogens with zero attached hydrogens (tertiary/aromatic N) is 4. The predicted octanol–water partition coefficient (Wildman–Crippen LogP) is 4.51. The van der Waals surface area contributed by atoms with E-state index in [0.717, 1.165) is 36.9 Å². The number of rotatable bonds is 11. The molecule has 2 aromatic heterocycles. The molecule has 0 radical (unpaired) electrons. The first kappa shape index (κ1) is 30.4. The molecule has 10 nitrogen and oxygen atoms in total. The molecule has 5 rings (SSSR count). The van der Waals surface area contributed by atoms with Crippen molar-refractivity contribution in [1.82, 2.24) is 19.3 Å². The fourth-order valence-corrected chi connectivity index (χ4v) is 6.86. The Bertz CT molecular complexity index is 1700. The molecule has 4 aromatic rings. The van der Waals surface area contributed by atoms with E-state index in [2.05, 4.69) is 19.6 Å². The molecule has 1 N–H and O–H groups in total. The van der Waals surface area contributed by atoms with Crippen molar-refractivity contribution in [2.45, 2.75) is 51.3 Å². The van der Waals surface area contributed by atoms with Crippen LogP contribution in [0.25, 0.3) is 11.0 Å². The van der Waals surface area contributed by atoms with Gasteiger partial charge in [0.15, 0.2) is 12.5 Å². The third kappa shape index (κ3) is 6.94. The Kier molecular flexibility index (Phi) is 9.22. The van der Waals surface area contributed by atoms with E-state index < -0.39 is 21.9 Å². The van der Waals surface area contributed by atoms with E-state index >= 15 is 0 Å². The van der Waals surface area contributed by atoms with Crippen molar-refractivity contribution in [1.29, 1.82) is 0 Å². The van der Waals surface area contributed by atoms with E-state index in [-0.39, 0.29) is 30.2 Å². The van der Waals surface area contributed by atoms with Crippen LogP contribution in [0.3, 0.4) is 0 Å². The molecule has 0 bridgehead atoms. The van der Waals surface area contributed by atoms with Crippen LogP contribution in [0.1, 0.15) is 60.0 Å². The number of sulfonamides is 1. The Labute approximate surface area is 252 Å². The van der Waals surface area contributed by atoms with Crippen LogP contribution in [0, 0.1) is 5.92 Å². The van der Waals surface area contributed by atoms with Gasteiger partial charge in [-0.3, -0.25) is 14.2 Å². The number of nitrogens with one attached hydrogen (secondary N) is 1. The highest BCUT2D eigenvalue weighted by molar-refractivity contribution is 7.89. The maximum atomic E-state index is 13.0. The van der Waals surface area contributed by atoms with Crippen LogP contribution in [-0.2, 0) is 26.3 Å². The highest BCUT2D eigenvalue weighted by atomic mass is 32.2. The molecule has 1 unspecified atom stereocenters. The van der Waals surface area contributed by atoms with Crippen LogP contribution in [0.4, 0.5) is 5.82 Å². The molecule has 1 aliphatic rings. The van der Waals surface area contributed by atoms with E-state index in [9.17, 15) is 18.0 Å². The zero-order valence-electron chi connectivity index (χ0n) is 24.6. The van der Waals surface area contributed by atoms with Gasteiger partial charge in [0, 0.05) is 30.4 Å². The van der Waals surface area contributed by atoms with Crippen molar-refractivity contribution in [2.24, 2.45) is 5.92 Å². The maximum Gasteiger partial charge on any atom is 0.314 e. The van der Waals surface area contributed by atoms with E-state index in [1.165, 1.54) is 13.4 Å². The minimum atomic E-state index is -3.22. The second-order valence-corrected chi connectivity index (χ2v) is 13.1. The summed E-state index contributed by atoms with van der Waals surface area (Å²) in [7, 11) is 0.243. The number of ketones is 1. The smallest absolute Gasteiger partial charge is 0.314 e. The molecule has 1 aliphatic carbocycles. The second kappa shape index (κ2) is 13.0. The molecule has 11 heteroatoms. The van der Waals surface area contributed by atoms with Crippen LogP contribution in [0.5, 0.6) is 0 Å². The van der Waals surface area contributed by atoms with Gasteiger partial charge in [-0.15, -0.1) is 0 Å². The summed E-state index contributed by atoms with van der Waals surface area (Å²) in [4.78, 5) is 37.1. The number of fused-ring (bicyclic) bond motifs is 1. The summed E-state index contributed by atoms with van der Waals surface area (Å²) in [5.41, 5.74) is 2.47. The molecule has 0 saturated heterocycles. The molecule has 0 aliphatic heterocycles. The maximum absolute atomic E-state index is 13.0. The number of hydrogen-bond donors (Lipinski definition) is 1. The van der Waals surface area contributed by atoms with Gasteiger partial charge in [-0.25, -0.2) is 23.1 Å². The molecule has 1 saturated carbocycles. The Morgan fingerprint density at radius 3 is 2.47 bits per heavy atom. The topological polar surface area (TPSA) is 123 Å². The Morgan fingerprint density at radius 2 is 1.74 bits per heavy atom. The van der Waals surface area contributed by atoms with Gasteiger partial charge in [0.25, 0.3) is 0 Å². The van der Waals surface area contributed by atoms with Crippen molar-refractivity contribution in [3.63, 3.8) is 0 Å². The fourth-order valence-electron chi connectivity index (χ4n) is 5.74. The third-order valence-electron chi connectivity index (χ3n) is 8.38. The Morgan fingerprint density at radius 1 is 1.02 bits per heavy atom. The number of anilines is 1. The first-order valence-electron chi connectivity index (χ1n) is 14.5. The molecule has 1 atom stereocenters. The average Bonchev–Trinajstić information content (AvgIpc) is 3.46. The molecule has 1 fully saturated rings. The summed E-state index contributed by atoms with van der Waals surface area (Å²) < 4.78 is 33.8. The van der Waals surface area contributed by atoms with Gasteiger partial charge in [-0.05, 0) is 63.3 Å². The summed E-state index contributed by atoms with van der Waals surface area (Å²) in [6.07, 6.45) is 6.76. The molecule has 2 heterocycles. The molecule has 0 amide bonds. The monoisotopic (exact) mass is 603 g/mol. The van der Waals surface area contributed by atoms with Crippen LogP contribution in [-0.4, -0.2) is 60.6 Å². The highest BCUT2D eigenvalue weighted by Gasteiger charge is 2.28. The van der Waals surface area contributed by atoms with Crippen LogP contribution in [0.15, 0.2) is 73.2 Å². The summed E-state index contributed by atoms with van der Waals surface area (Å²) in [6.45, 7) is 1.75. The first-order valence-corrected chi connectivity index (χ1v) is 16.1. The summed E-state index contributed by atoms with van der Waals surface area (Å²) >= 11 is 0. The van der Waals surface area contributed by atoms with Gasteiger partial charge in [0.1, 0.15) is 17.8 Å². The van der Waals surface area contributed by atoms with E-state index in [1.807, 2.05) is 43.6 Å². The lowest BCUT2D eigenvalue weighted by atomic mass is 9.86. The Hall–Kier alpha value is -4.09. The van der Waals surface area contributed by atoms with E-state index in [0.29, 0.717) is 22.3 Å². The minimum absolute atomic E-state index is 0.0134. The van der Waals surface area contributed by atoms with Gasteiger partial charge in [-0.1, -0.05) is 48.5 Å². The molecular weight excluding hydrogens is 566 g/mol. The van der Waals surface area contributed by atoms with Crippen molar-refractivity contribution in [2.75, 3.05) is 24.7 Å². The van der Waals surface area contributed by atoms with Gasteiger partial charge in [0.05, 0.1) is 17.1 Å². The number of ether oxygens (including phenoxy) is 1. The molecule has 2 aromatic carbocycles. The zero-order valence-corrected chi connectivity index (χ0v) is 25.5. The molecule has 226 valence electrons. The minimum Gasteiger partial charge on any atom is -0.443 e. The van der Waals surface area contributed by atoms with Crippen molar-refractivity contribution >= 4 is 38.6 Å². The Balaban J connectivity index is 1.22. The number of hydrogen-bond acceptors (Lipinski definition) is 8. The molecular formula is C32H37N5O5S. The average molecular weight is 604 g/mol. The number of carbonyl (C=O) groups excluding carboxylic acids is 2. The van der Waals surface area contributed by atoms with Gasteiger partial charge >= 0.3 is 5.97 Å². The second-order valence-electron chi connectivity index (χ2n) is 11.1. The third-order valence-corrected chi connectivity index (χ3v) is 9.92. The lowest BCUT2D eigenvalue weighted by molar-refractivity contribution is -0.148. The van der Waals surface area contributed by atoms with Crippen molar-refractivity contribution < 1.29 is 22.7 Å².